The molecule has 4 rings (SSSR count). The number of aromatic nitrogens is 2. The number of rotatable bonds is 3. The molecule has 2 N–H and O–H groups in total. The lowest BCUT2D eigenvalue weighted by Crippen LogP contribution is -2.32. The summed E-state index contributed by atoms with van der Waals surface area (Å²) in [6.07, 6.45) is 3.94. The number of carbonyl (C=O) groups is 1. The van der Waals surface area contributed by atoms with Crippen LogP contribution in [0.25, 0.3) is 0 Å². The molecule has 130 valence electrons. The number of amides is 1. The molecule has 0 saturated carbocycles. The van der Waals surface area contributed by atoms with Crippen LogP contribution in [0, 0.1) is 0 Å². The molecule has 7 nitrogen and oxygen atoms in total. The summed E-state index contributed by atoms with van der Waals surface area (Å²) in [6, 6.07) is 5.74. The predicted octanol–water partition coefficient (Wildman–Crippen LogP) is 2.26. The summed E-state index contributed by atoms with van der Waals surface area (Å²) in [6.45, 7) is 2.60. The lowest BCUT2D eigenvalue weighted by atomic mass is 10.1. The van der Waals surface area contributed by atoms with E-state index in [4.69, 9.17) is 16.3 Å². The molecule has 1 atom stereocenters. The molecule has 3 heterocycles. The van der Waals surface area contributed by atoms with Crippen LogP contribution in [0.15, 0.2) is 30.6 Å². The van der Waals surface area contributed by atoms with E-state index in [1.807, 2.05) is 23.1 Å². The van der Waals surface area contributed by atoms with E-state index in [-0.39, 0.29) is 11.9 Å². The lowest BCUT2D eigenvalue weighted by Gasteiger charge is -2.24. The van der Waals surface area contributed by atoms with Gasteiger partial charge in [-0.3, -0.25) is 4.79 Å². The van der Waals surface area contributed by atoms with Gasteiger partial charge in [-0.1, -0.05) is 17.7 Å². The van der Waals surface area contributed by atoms with E-state index in [9.17, 15) is 4.79 Å². The van der Waals surface area contributed by atoms with Crippen molar-refractivity contribution in [2.45, 2.75) is 12.5 Å². The van der Waals surface area contributed by atoms with Crippen LogP contribution in [0.3, 0.4) is 0 Å². The van der Waals surface area contributed by atoms with Gasteiger partial charge in [0.25, 0.3) is 5.91 Å². The number of likely N-dealkylation sites (tertiary alicyclic amines) is 1. The minimum absolute atomic E-state index is 0.0122. The molecule has 0 radical (unpaired) electrons. The zero-order valence-electron chi connectivity index (χ0n) is 13.5. The standard InChI is InChI=1S/C17H18ClN5O2/c18-11-8-20-17(21-9-11)22-12-4-6-23(10-12)16(24)13-2-1-3-14-15(13)25-7-5-19-14/h1-3,8-9,12,19H,4-7,10H2,(H,20,21,22)/t12-/m1/s1. The highest BCUT2D eigenvalue weighted by atomic mass is 35.5. The van der Waals surface area contributed by atoms with E-state index in [1.54, 1.807) is 12.4 Å². The van der Waals surface area contributed by atoms with Gasteiger partial charge in [0, 0.05) is 25.7 Å². The van der Waals surface area contributed by atoms with Crippen molar-refractivity contribution < 1.29 is 9.53 Å². The number of halogens is 1. The Hall–Kier alpha value is -2.54. The number of fused-ring (bicyclic) bond motifs is 1. The zero-order chi connectivity index (χ0) is 17.2. The minimum atomic E-state index is -0.0122. The highest BCUT2D eigenvalue weighted by Gasteiger charge is 2.30. The van der Waals surface area contributed by atoms with Crippen molar-refractivity contribution in [3.05, 3.63) is 41.2 Å². The van der Waals surface area contributed by atoms with E-state index in [2.05, 4.69) is 20.6 Å². The highest BCUT2D eigenvalue weighted by molar-refractivity contribution is 6.30. The van der Waals surface area contributed by atoms with Crippen molar-refractivity contribution in [2.24, 2.45) is 0 Å². The third-order valence-electron chi connectivity index (χ3n) is 4.34. The van der Waals surface area contributed by atoms with E-state index in [0.717, 1.165) is 18.7 Å². The molecule has 2 aliphatic rings. The number of nitrogens with zero attached hydrogens (tertiary/aromatic N) is 3. The average molecular weight is 360 g/mol. The summed E-state index contributed by atoms with van der Waals surface area (Å²) < 4.78 is 5.71. The molecule has 1 saturated heterocycles. The van der Waals surface area contributed by atoms with Crippen LogP contribution in [0.1, 0.15) is 16.8 Å². The van der Waals surface area contributed by atoms with Crippen LogP contribution in [-0.4, -0.2) is 53.1 Å². The Bertz CT molecular complexity index is 783. The van der Waals surface area contributed by atoms with E-state index in [1.165, 1.54) is 0 Å². The number of hydrogen-bond acceptors (Lipinski definition) is 6. The van der Waals surface area contributed by atoms with Gasteiger partial charge in [0.2, 0.25) is 5.95 Å². The monoisotopic (exact) mass is 359 g/mol. The van der Waals surface area contributed by atoms with Crippen LogP contribution in [0.2, 0.25) is 5.02 Å². The fraction of sp³-hybridized carbons (Fsp3) is 0.353. The van der Waals surface area contributed by atoms with Crippen LogP contribution in [-0.2, 0) is 0 Å². The van der Waals surface area contributed by atoms with Gasteiger partial charge in [-0.05, 0) is 18.6 Å². The first-order valence-electron chi connectivity index (χ1n) is 8.24. The highest BCUT2D eigenvalue weighted by Crippen LogP contribution is 2.32. The lowest BCUT2D eigenvalue weighted by molar-refractivity contribution is 0.0787. The van der Waals surface area contributed by atoms with Crippen LogP contribution in [0.4, 0.5) is 11.6 Å². The van der Waals surface area contributed by atoms with Gasteiger partial charge in [0.05, 0.1) is 28.7 Å². The number of nitrogens with one attached hydrogen (secondary N) is 2. The van der Waals surface area contributed by atoms with Gasteiger partial charge >= 0.3 is 0 Å². The topological polar surface area (TPSA) is 79.4 Å². The summed E-state index contributed by atoms with van der Waals surface area (Å²) in [7, 11) is 0. The second-order valence-electron chi connectivity index (χ2n) is 6.06. The maximum absolute atomic E-state index is 12.9. The molecule has 0 spiro atoms. The van der Waals surface area contributed by atoms with Crippen molar-refractivity contribution in [3.8, 4) is 5.75 Å². The summed E-state index contributed by atoms with van der Waals surface area (Å²) >= 11 is 5.80. The molecule has 1 amide bonds. The van der Waals surface area contributed by atoms with Crippen molar-refractivity contribution in [2.75, 3.05) is 36.9 Å². The Morgan fingerprint density at radius 2 is 2.20 bits per heavy atom. The van der Waals surface area contributed by atoms with E-state index < -0.39 is 0 Å². The van der Waals surface area contributed by atoms with Crippen molar-refractivity contribution in [3.63, 3.8) is 0 Å². The number of ether oxygens (including phenoxy) is 1. The van der Waals surface area contributed by atoms with Gasteiger partial charge in [-0.15, -0.1) is 0 Å². The first-order chi connectivity index (χ1) is 12.2. The molecule has 1 aromatic heterocycles. The van der Waals surface area contributed by atoms with Crippen LogP contribution >= 0.6 is 11.6 Å². The molecule has 8 heteroatoms. The Kier molecular flexibility index (Phi) is 4.31. The van der Waals surface area contributed by atoms with Crippen LogP contribution < -0.4 is 15.4 Å². The smallest absolute Gasteiger partial charge is 0.257 e. The molecular weight excluding hydrogens is 342 g/mol. The second kappa shape index (κ2) is 6.76. The Morgan fingerprint density at radius 1 is 1.36 bits per heavy atom. The molecule has 0 bridgehead atoms. The zero-order valence-corrected chi connectivity index (χ0v) is 14.3. The van der Waals surface area contributed by atoms with Gasteiger partial charge in [-0.25, -0.2) is 9.97 Å². The largest absolute Gasteiger partial charge is 0.489 e. The summed E-state index contributed by atoms with van der Waals surface area (Å²) in [5.41, 5.74) is 1.48. The summed E-state index contributed by atoms with van der Waals surface area (Å²) in [5.74, 6) is 1.16. The number of hydrogen-bond donors (Lipinski definition) is 2. The van der Waals surface area contributed by atoms with E-state index in [0.29, 0.717) is 42.0 Å². The number of carbonyl (C=O) groups excluding carboxylic acids is 1. The van der Waals surface area contributed by atoms with Gasteiger partial charge in [-0.2, -0.15) is 0 Å². The fourth-order valence-corrected chi connectivity index (χ4v) is 3.24. The van der Waals surface area contributed by atoms with Crippen molar-refractivity contribution >= 4 is 29.1 Å². The number of para-hydroxylation sites is 1. The summed E-state index contributed by atoms with van der Waals surface area (Å²) in [5, 5.41) is 7.00. The fourth-order valence-electron chi connectivity index (χ4n) is 3.14. The maximum atomic E-state index is 12.9. The molecule has 2 aromatic rings. The Morgan fingerprint density at radius 3 is 3.04 bits per heavy atom. The quantitative estimate of drug-likeness (QED) is 0.875. The molecular formula is C17H18ClN5O2. The van der Waals surface area contributed by atoms with Crippen LogP contribution in [0.5, 0.6) is 5.75 Å². The number of benzene rings is 1. The summed E-state index contributed by atoms with van der Waals surface area (Å²) in [4.78, 5) is 23.0. The maximum Gasteiger partial charge on any atom is 0.257 e. The van der Waals surface area contributed by atoms with Crippen molar-refractivity contribution in [1.82, 2.24) is 14.9 Å². The number of anilines is 2. The SMILES string of the molecule is O=C(c1cccc2c1OCCN2)N1CC[C@@H](Nc2ncc(Cl)cn2)C1. The third-order valence-corrected chi connectivity index (χ3v) is 4.53. The first-order valence-corrected chi connectivity index (χ1v) is 8.61. The van der Waals surface area contributed by atoms with Gasteiger partial charge < -0.3 is 20.3 Å². The third kappa shape index (κ3) is 3.32. The van der Waals surface area contributed by atoms with Crippen molar-refractivity contribution in [1.29, 1.82) is 0 Å². The van der Waals surface area contributed by atoms with E-state index >= 15 is 0 Å². The van der Waals surface area contributed by atoms with Gasteiger partial charge in [0.15, 0.2) is 5.75 Å². The second-order valence-corrected chi connectivity index (χ2v) is 6.50. The van der Waals surface area contributed by atoms with Gasteiger partial charge in [0.1, 0.15) is 6.61 Å². The molecule has 2 aliphatic heterocycles. The Labute approximate surface area is 150 Å². The normalized spacial score (nSPS) is 18.9. The molecule has 25 heavy (non-hydrogen) atoms. The molecule has 0 aliphatic carbocycles. The molecule has 1 aromatic carbocycles. The minimum Gasteiger partial charge on any atom is -0.489 e. The first kappa shape index (κ1) is 16.0. The molecule has 1 fully saturated rings. The Balaban J connectivity index is 1.45. The molecule has 0 unspecified atom stereocenters. The predicted molar refractivity (Wildman–Crippen MR) is 95.4 cm³/mol. The average Bonchev–Trinajstić information content (AvgIpc) is 3.11.